The fraction of sp³-hybridized carbons (Fsp3) is 0.238. The molecule has 23 heavy (non-hydrogen) atoms. The molecule has 0 radical (unpaired) electrons. The molecule has 2 heteroatoms. The van der Waals surface area contributed by atoms with Crippen molar-refractivity contribution < 1.29 is 0 Å². The van der Waals surface area contributed by atoms with Gasteiger partial charge in [-0.1, -0.05) is 72.8 Å². The third kappa shape index (κ3) is 3.61. The molecule has 0 heterocycles. The van der Waals surface area contributed by atoms with E-state index in [1.807, 2.05) is 6.07 Å². The van der Waals surface area contributed by atoms with E-state index in [1.165, 1.54) is 21.9 Å². The smallest absolute Gasteiger partial charge is 0.0376 e. The summed E-state index contributed by atoms with van der Waals surface area (Å²) in [5.41, 5.74) is 9.12. The molecule has 0 aliphatic heterocycles. The molecule has 0 bridgehead atoms. The highest BCUT2D eigenvalue weighted by Crippen LogP contribution is 2.31. The first-order valence-corrected chi connectivity index (χ1v) is 8.09. The summed E-state index contributed by atoms with van der Waals surface area (Å²) in [4.78, 5) is 2.21. The Bertz CT molecular complexity index is 765. The number of hydrogen-bond acceptors (Lipinski definition) is 2. The summed E-state index contributed by atoms with van der Waals surface area (Å²) in [5.74, 6) is 0.261. The lowest BCUT2D eigenvalue weighted by Gasteiger charge is -2.28. The Labute approximate surface area is 138 Å². The summed E-state index contributed by atoms with van der Waals surface area (Å²) in [6.07, 6.45) is 0. The number of benzene rings is 3. The molecule has 0 aliphatic rings. The zero-order chi connectivity index (χ0) is 16.2. The van der Waals surface area contributed by atoms with Crippen LogP contribution >= 0.6 is 0 Å². The highest BCUT2D eigenvalue weighted by Gasteiger charge is 2.22. The van der Waals surface area contributed by atoms with E-state index < -0.39 is 0 Å². The highest BCUT2D eigenvalue weighted by atomic mass is 15.1. The van der Waals surface area contributed by atoms with Crippen molar-refractivity contribution in [2.24, 2.45) is 5.73 Å². The van der Waals surface area contributed by atoms with E-state index in [0.29, 0.717) is 0 Å². The lowest BCUT2D eigenvalue weighted by Crippen LogP contribution is -2.29. The van der Waals surface area contributed by atoms with Gasteiger partial charge in [0.05, 0.1) is 0 Å². The fourth-order valence-electron chi connectivity index (χ4n) is 3.17. The molecule has 118 valence electrons. The monoisotopic (exact) mass is 304 g/mol. The Morgan fingerprint density at radius 2 is 1.43 bits per heavy atom. The van der Waals surface area contributed by atoms with E-state index in [2.05, 4.69) is 85.7 Å². The fourth-order valence-corrected chi connectivity index (χ4v) is 3.17. The van der Waals surface area contributed by atoms with Gasteiger partial charge in [0, 0.05) is 18.5 Å². The summed E-state index contributed by atoms with van der Waals surface area (Å²) in [5, 5.41) is 2.54. The third-order valence-corrected chi connectivity index (χ3v) is 4.38. The van der Waals surface area contributed by atoms with Crippen LogP contribution in [-0.2, 0) is 0 Å². The number of likely N-dealkylation sites (N-methyl/N-ethyl adjacent to an activating group) is 1. The van der Waals surface area contributed by atoms with Gasteiger partial charge in [-0.3, -0.25) is 0 Å². The van der Waals surface area contributed by atoms with E-state index in [4.69, 9.17) is 5.73 Å². The molecular formula is C21H24N2. The molecule has 2 N–H and O–H groups in total. The van der Waals surface area contributed by atoms with E-state index in [0.717, 1.165) is 6.54 Å². The molecule has 0 aromatic heterocycles. The van der Waals surface area contributed by atoms with E-state index >= 15 is 0 Å². The van der Waals surface area contributed by atoms with Crippen LogP contribution in [0.5, 0.6) is 0 Å². The second-order valence-electron chi connectivity index (χ2n) is 6.41. The minimum Gasteiger partial charge on any atom is -0.323 e. The third-order valence-electron chi connectivity index (χ3n) is 4.38. The van der Waals surface area contributed by atoms with Gasteiger partial charge in [0.15, 0.2) is 0 Å². The lowest BCUT2D eigenvalue weighted by molar-refractivity contribution is 0.347. The summed E-state index contributed by atoms with van der Waals surface area (Å²) in [6, 6.07) is 25.6. The van der Waals surface area contributed by atoms with Crippen molar-refractivity contribution >= 4 is 10.8 Å². The average Bonchev–Trinajstić information content (AvgIpc) is 2.59. The molecule has 3 rings (SSSR count). The van der Waals surface area contributed by atoms with Crippen LogP contribution < -0.4 is 5.73 Å². The van der Waals surface area contributed by atoms with Gasteiger partial charge < -0.3 is 10.6 Å². The van der Waals surface area contributed by atoms with Crippen LogP contribution in [0.4, 0.5) is 0 Å². The van der Waals surface area contributed by atoms with Crippen molar-refractivity contribution in [2.45, 2.75) is 12.0 Å². The summed E-state index contributed by atoms with van der Waals surface area (Å²) >= 11 is 0. The molecule has 0 saturated heterocycles. The van der Waals surface area contributed by atoms with Gasteiger partial charge in [0.25, 0.3) is 0 Å². The Morgan fingerprint density at radius 3 is 2.13 bits per heavy atom. The number of nitrogens with zero attached hydrogens (tertiary/aromatic N) is 1. The van der Waals surface area contributed by atoms with Crippen molar-refractivity contribution in [1.29, 1.82) is 0 Å². The SMILES string of the molecule is CN(C)C[C@@H](c1ccc2ccccc2c1)[C@H](N)c1ccccc1. The maximum atomic E-state index is 6.64. The molecule has 0 aliphatic carbocycles. The molecule has 2 nitrogen and oxygen atoms in total. The topological polar surface area (TPSA) is 29.3 Å². The van der Waals surface area contributed by atoms with Crippen LogP contribution in [0.1, 0.15) is 23.1 Å². The molecule has 0 spiro atoms. The van der Waals surface area contributed by atoms with E-state index in [9.17, 15) is 0 Å². The second kappa shape index (κ2) is 6.95. The molecule has 0 saturated carbocycles. The van der Waals surface area contributed by atoms with Crippen LogP contribution in [0.15, 0.2) is 72.8 Å². The largest absolute Gasteiger partial charge is 0.323 e. The van der Waals surface area contributed by atoms with Crippen LogP contribution in [0.2, 0.25) is 0 Å². The molecule has 0 unspecified atom stereocenters. The number of hydrogen-bond donors (Lipinski definition) is 1. The molecular weight excluding hydrogens is 280 g/mol. The van der Waals surface area contributed by atoms with Crippen LogP contribution in [0, 0.1) is 0 Å². The van der Waals surface area contributed by atoms with Crippen molar-refractivity contribution in [3.8, 4) is 0 Å². The molecule has 3 aromatic rings. The number of rotatable bonds is 5. The van der Waals surface area contributed by atoms with Crippen LogP contribution in [0.25, 0.3) is 10.8 Å². The zero-order valence-electron chi connectivity index (χ0n) is 13.8. The summed E-state index contributed by atoms with van der Waals surface area (Å²) < 4.78 is 0. The van der Waals surface area contributed by atoms with E-state index in [-0.39, 0.29) is 12.0 Å². The van der Waals surface area contributed by atoms with Crippen LogP contribution in [-0.4, -0.2) is 25.5 Å². The average molecular weight is 304 g/mol. The highest BCUT2D eigenvalue weighted by molar-refractivity contribution is 5.83. The molecule has 3 aromatic carbocycles. The Hall–Kier alpha value is -2.16. The van der Waals surface area contributed by atoms with Crippen molar-refractivity contribution in [1.82, 2.24) is 4.90 Å². The first kappa shape index (κ1) is 15.7. The number of nitrogens with two attached hydrogens (primary N) is 1. The molecule has 0 amide bonds. The second-order valence-corrected chi connectivity index (χ2v) is 6.41. The predicted molar refractivity (Wildman–Crippen MR) is 98.6 cm³/mol. The molecule has 2 atom stereocenters. The van der Waals surface area contributed by atoms with Crippen LogP contribution in [0.3, 0.4) is 0 Å². The minimum atomic E-state index is -0.0141. The first-order valence-electron chi connectivity index (χ1n) is 8.09. The maximum Gasteiger partial charge on any atom is 0.0376 e. The van der Waals surface area contributed by atoms with Gasteiger partial charge in [-0.25, -0.2) is 0 Å². The predicted octanol–water partition coefficient (Wildman–Crippen LogP) is 4.19. The van der Waals surface area contributed by atoms with Gasteiger partial charge in [-0.2, -0.15) is 0 Å². The Morgan fingerprint density at radius 1 is 0.783 bits per heavy atom. The van der Waals surface area contributed by atoms with Gasteiger partial charge >= 0.3 is 0 Å². The standard InChI is InChI=1S/C21H24N2/c1-23(2)15-20(21(22)17-9-4-3-5-10-17)19-13-12-16-8-6-7-11-18(16)14-19/h3-14,20-21H,15,22H2,1-2H3/t20-,21+/m0/s1. The van der Waals surface area contributed by atoms with Gasteiger partial charge in [0.1, 0.15) is 0 Å². The quantitative estimate of drug-likeness (QED) is 0.766. The van der Waals surface area contributed by atoms with Gasteiger partial charge in [-0.15, -0.1) is 0 Å². The Balaban J connectivity index is 2.00. The maximum absolute atomic E-state index is 6.64. The lowest BCUT2D eigenvalue weighted by atomic mass is 9.86. The van der Waals surface area contributed by atoms with Gasteiger partial charge in [0.2, 0.25) is 0 Å². The molecule has 0 fully saturated rings. The van der Waals surface area contributed by atoms with E-state index in [1.54, 1.807) is 0 Å². The van der Waals surface area contributed by atoms with Crippen molar-refractivity contribution in [3.05, 3.63) is 83.9 Å². The van der Waals surface area contributed by atoms with Crippen molar-refractivity contribution in [3.63, 3.8) is 0 Å². The zero-order valence-corrected chi connectivity index (χ0v) is 13.8. The Kier molecular flexibility index (Phi) is 4.75. The first-order chi connectivity index (χ1) is 11.1. The number of fused-ring (bicyclic) bond motifs is 1. The normalized spacial score (nSPS) is 14.1. The summed E-state index contributed by atoms with van der Waals surface area (Å²) in [6.45, 7) is 0.925. The summed E-state index contributed by atoms with van der Waals surface area (Å²) in [7, 11) is 4.21. The van der Waals surface area contributed by atoms with Gasteiger partial charge in [-0.05, 0) is 36.0 Å². The van der Waals surface area contributed by atoms with Crippen molar-refractivity contribution in [2.75, 3.05) is 20.6 Å². The minimum absolute atomic E-state index is 0.0141.